The normalized spacial score (nSPS) is 13.1. The van der Waals surface area contributed by atoms with Crippen molar-refractivity contribution in [3.8, 4) is 0 Å². The molecule has 0 bridgehead atoms. The Labute approximate surface area is 102 Å². The Bertz CT molecular complexity index is 149. The Morgan fingerprint density at radius 1 is 1.00 bits per heavy atom. The molecule has 2 heteroatoms. The molecular weight excluding hydrogens is 198 g/mol. The van der Waals surface area contributed by atoms with Crippen LogP contribution in [0.25, 0.3) is 0 Å². The SMILES string of the molecule is COCC(CC(C)C)(CC(C)C)CN(C)C. The molecule has 0 saturated heterocycles. The zero-order valence-corrected chi connectivity index (χ0v) is 12.3. The maximum absolute atomic E-state index is 5.48. The third-order valence-corrected chi connectivity index (χ3v) is 2.78. The molecule has 0 aromatic heterocycles. The van der Waals surface area contributed by atoms with E-state index in [0.717, 1.165) is 25.0 Å². The molecule has 0 amide bonds. The summed E-state index contributed by atoms with van der Waals surface area (Å²) in [5.74, 6) is 1.46. The average molecular weight is 229 g/mol. The van der Waals surface area contributed by atoms with Gasteiger partial charge in [-0.15, -0.1) is 0 Å². The van der Waals surface area contributed by atoms with E-state index in [-0.39, 0.29) is 0 Å². The summed E-state index contributed by atoms with van der Waals surface area (Å²) in [6.07, 6.45) is 2.49. The lowest BCUT2D eigenvalue weighted by Gasteiger charge is -2.38. The molecule has 0 fully saturated rings. The molecule has 0 aromatic carbocycles. The van der Waals surface area contributed by atoms with Crippen molar-refractivity contribution in [2.45, 2.75) is 40.5 Å². The largest absolute Gasteiger partial charge is 0.384 e. The molecule has 98 valence electrons. The standard InChI is InChI=1S/C14H31NO/c1-12(2)8-14(11-16-7,9-13(3)4)10-15(5)6/h12-13H,8-11H2,1-7H3. The van der Waals surface area contributed by atoms with Gasteiger partial charge in [0.25, 0.3) is 0 Å². The smallest absolute Gasteiger partial charge is 0.0531 e. The van der Waals surface area contributed by atoms with Crippen molar-refractivity contribution in [2.24, 2.45) is 17.3 Å². The van der Waals surface area contributed by atoms with Gasteiger partial charge in [-0.1, -0.05) is 27.7 Å². The summed E-state index contributed by atoms with van der Waals surface area (Å²) in [5, 5.41) is 0. The number of rotatable bonds is 8. The van der Waals surface area contributed by atoms with Crippen molar-refractivity contribution in [1.29, 1.82) is 0 Å². The topological polar surface area (TPSA) is 12.5 Å². The fourth-order valence-electron chi connectivity index (χ4n) is 3.08. The van der Waals surface area contributed by atoms with Gasteiger partial charge in [0.15, 0.2) is 0 Å². The summed E-state index contributed by atoms with van der Waals surface area (Å²) in [5.41, 5.74) is 0.320. The van der Waals surface area contributed by atoms with Gasteiger partial charge >= 0.3 is 0 Å². The van der Waals surface area contributed by atoms with Crippen molar-refractivity contribution in [1.82, 2.24) is 4.90 Å². The van der Waals surface area contributed by atoms with Crippen molar-refractivity contribution in [3.63, 3.8) is 0 Å². The first-order valence-corrected chi connectivity index (χ1v) is 6.45. The lowest BCUT2D eigenvalue weighted by Crippen LogP contribution is -2.39. The zero-order chi connectivity index (χ0) is 12.8. The zero-order valence-electron chi connectivity index (χ0n) is 12.3. The third-order valence-electron chi connectivity index (χ3n) is 2.78. The van der Waals surface area contributed by atoms with Gasteiger partial charge in [0, 0.05) is 19.1 Å². The molecule has 0 saturated carbocycles. The summed E-state index contributed by atoms with van der Waals surface area (Å²) in [6.45, 7) is 11.2. The first-order valence-electron chi connectivity index (χ1n) is 6.45. The summed E-state index contributed by atoms with van der Waals surface area (Å²) >= 11 is 0. The third kappa shape index (κ3) is 6.49. The Kier molecular flexibility index (Phi) is 7.25. The minimum absolute atomic E-state index is 0.320. The van der Waals surface area contributed by atoms with Gasteiger partial charge in [0.05, 0.1) is 6.61 Å². The van der Waals surface area contributed by atoms with Crippen LogP contribution in [0.5, 0.6) is 0 Å². The fourth-order valence-corrected chi connectivity index (χ4v) is 3.08. The molecule has 16 heavy (non-hydrogen) atoms. The molecule has 0 radical (unpaired) electrons. The fraction of sp³-hybridized carbons (Fsp3) is 1.00. The van der Waals surface area contributed by atoms with Crippen LogP contribution in [0.3, 0.4) is 0 Å². The lowest BCUT2D eigenvalue weighted by atomic mass is 9.74. The predicted molar refractivity (Wildman–Crippen MR) is 71.8 cm³/mol. The van der Waals surface area contributed by atoms with Crippen LogP contribution in [0.2, 0.25) is 0 Å². The molecule has 0 spiro atoms. The van der Waals surface area contributed by atoms with Crippen LogP contribution in [0.4, 0.5) is 0 Å². The predicted octanol–water partition coefficient (Wildman–Crippen LogP) is 3.27. The maximum Gasteiger partial charge on any atom is 0.0531 e. The van der Waals surface area contributed by atoms with Crippen LogP contribution in [0.1, 0.15) is 40.5 Å². The number of hydrogen-bond donors (Lipinski definition) is 0. The Balaban J connectivity index is 4.72. The molecule has 2 nitrogen and oxygen atoms in total. The molecule has 0 aliphatic heterocycles. The van der Waals surface area contributed by atoms with E-state index in [1.165, 1.54) is 12.8 Å². The Morgan fingerprint density at radius 3 is 1.69 bits per heavy atom. The molecule has 0 rings (SSSR count). The number of methoxy groups -OCH3 is 1. The first kappa shape index (κ1) is 15.9. The highest BCUT2D eigenvalue weighted by Crippen LogP contribution is 2.34. The summed E-state index contributed by atoms with van der Waals surface area (Å²) in [7, 11) is 6.14. The van der Waals surface area contributed by atoms with Crippen LogP contribution in [0, 0.1) is 17.3 Å². The maximum atomic E-state index is 5.48. The van der Waals surface area contributed by atoms with Gasteiger partial charge < -0.3 is 9.64 Å². The number of nitrogens with zero attached hydrogens (tertiary/aromatic N) is 1. The Morgan fingerprint density at radius 2 is 1.44 bits per heavy atom. The van der Waals surface area contributed by atoms with Crippen molar-refractivity contribution in [3.05, 3.63) is 0 Å². The van der Waals surface area contributed by atoms with Crippen molar-refractivity contribution < 1.29 is 4.74 Å². The van der Waals surface area contributed by atoms with Gasteiger partial charge in [-0.05, 0) is 38.8 Å². The number of ether oxygens (including phenoxy) is 1. The molecule has 0 N–H and O–H groups in total. The summed E-state index contributed by atoms with van der Waals surface area (Å²) in [6, 6.07) is 0. The van der Waals surface area contributed by atoms with Crippen molar-refractivity contribution >= 4 is 0 Å². The highest BCUT2D eigenvalue weighted by atomic mass is 16.5. The van der Waals surface area contributed by atoms with Crippen LogP contribution in [-0.4, -0.2) is 39.3 Å². The van der Waals surface area contributed by atoms with Gasteiger partial charge in [-0.3, -0.25) is 0 Å². The number of hydrogen-bond acceptors (Lipinski definition) is 2. The van der Waals surface area contributed by atoms with Crippen LogP contribution >= 0.6 is 0 Å². The summed E-state index contributed by atoms with van der Waals surface area (Å²) in [4.78, 5) is 2.30. The lowest BCUT2D eigenvalue weighted by molar-refractivity contribution is 0.0254. The second-order valence-corrected chi connectivity index (χ2v) is 6.37. The highest BCUT2D eigenvalue weighted by molar-refractivity contribution is 4.83. The van der Waals surface area contributed by atoms with Gasteiger partial charge in [0.1, 0.15) is 0 Å². The van der Waals surface area contributed by atoms with E-state index in [9.17, 15) is 0 Å². The van der Waals surface area contributed by atoms with Crippen molar-refractivity contribution in [2.75, 3.05) is 34.4 Å². The van der Waals surface area contributed by atoms with E-state index >= 15 is 0 Å². The monoisotopic (exact) mass is 229 g/mol. The molecule has 0 aliphatic rings. The highest BCUT2D eigenvalue weighted by Gasteiger charge is 2.32. The van der Waals surface area contributed by atoms with Gasteiger partial charge in [0.2, 0.25) is 0 Å². The average Bonchev–Trinajstić information content (AvgIpc) is 1.98. The van der Waals surface area contributed by atoms with Crippen LogP contribution in [-0.2, 0) is 4.74 Å². The summed E-state index contributed by atoms with van der Waals surface area (Å²) < 4.78 is 5.48. The van der Waals surface area contributed by atoms with E-state index in [1.807, 2.05) is 7.11 Å². The van der Waals surface area contributed by atoms with Crippen LogP contribution in [0.15, 0.2) is 0 Å². The minimum Gasteiger partial charge on any atom is -0.384 e. The van der Waals surface area contributed by atoms with E-state index < -0.39 is 0 Å². The molecule has 0 unspecified atom stereocenters. The quantitative estimate of drug-likeness (QED) is 0.633. The van der Waals surface area contributed by atoms with E-state index in [4.69, 9.17) is 4.74 Å². The second kappa shape index (κ2) is 7.29. The minimum atomic E-state index is 0.320. The van der Waals surface area contributed by atoms with Gasteiger partial charge in [-0.2, -0.15) is 0 Å². The van der Waals surface area contributed by atoms with E-state index in [1.54, 1.807) is 0 Å². The first-order chi connectivity index (χ1) is 7.31. The Hall–Kier alpha value is -0.0800. The second-order valence-electron chi connectivity index (χ2n) is 6.37. The van der Waals surface area contributed by atoms with E-state index in [2.05, 4.69) is 46.7 Å². The molecule has 0 aliphatic carbocycles. The molecular formula is C14H31NO. The molecule has 0 heterocycles. The van der Waals surface area contributed by atoms with Crippen LogP contribution < -0.4 is 0 Å². The molecule has 0 atom stereocenters. The molecule has 0 aromatic rings. The van der Waals surface area contributed by atoms with Gasteiger partial charge in [-0.25, -0.2) is 0 Å². The van der Waals surface area contributed by atoms with E-state index in [0.29, 0.717) is 5.41 Å².